The Morgan fingerprint density at radius 1 is 1.24 bits per heavy atom. The highest BCUT2D eigenvalue weighted by Crippen LogP contribution is 2.26. The van der Waals surface area contributed by atoms with Crippen LogP contribution in [0.1, 0.15) is 11.5 Å². The predicted octanol–water partition coefficient (Wildman–Crippen LogP) is 1.77. The van der Waals surface area contributed by atoms with Crippen molar-refractivity contribution < 1.29 is 23.1 Å². The molecule has 1 N–H and O–H groups in total. The Balaban J connectivity index is 1.75. The number of nitrogens with zero attached hydrogens (tertiary/aromatic N) is 2. The van der Waals surface area contributed by atoms with Gasteiger partial charge in [-0.2, -0.15) is 0 Å². The standard InChI is InChI=1S/C13H13N3O5/c1-7-5-9(8(2)20-7)12-15-16-13(21-12)14-11(17)10-6-18-3-4-19-10/h5-6H,3-4H2,1-2H3,(H,14,16,17). The van der Waals surface area contributed by atoms with E-state index in [0.717, 1.165) is 5.76 Å². The van der Waals surface area contributed by atoms with Crippen molar-refractivity contribution in [2.45, 2.75) is 13.8 Å². The summed E-state index contributed by atoms with van der Waals surface area (Å²) in [6, 6.07) is 1.76. The second-order valence-corrected chi connectivity index (χ2v) is 4.39. The van der Waals surface area contributed by atoms with Gasteiger partial charge in [-0.25, -0.2) is 0 Å². The second-order valence-electron chi connectivity index (χ2n) is 4.39. The first-order valence-corrected chi connectivity index (χ1v) is 6.30. The van der Waals surface area contributed by atoms with Crippen LogP contribution in [0.3, 0.4) is 0 Å². The van der Waals surface area contributed by atoms with Gasteiger partial charge >= 0.3 is 6.01 Å². The average molecular weight is 291 g/mol. The highest BCUT2D eigenvalue weighted by molar-refractivity contribution is 6.00. The topological polar surface area (TPSA) is 99.6 Å². The first-order chi connectivity index (χ1) is 10.1. The molecule has 0 aromatic carbocycles. The maximum atomic E-state index is 11.9. The number of amides is 1. The molecule has 0 saturated heterocycles. The molecule has 1 amide bonds. The van der Waals surface area contributed by atoms with Gasteiger partial charge in [-0.15, -0.1) is 5.10 Å². The number of aromatic nitrogens is 2. The summed E-state index contributed by atoms with van der Waals surface area (Å²) in [6.45, 7) is 4.35. The molecule has 8 heteroatoms. The molecule has 2 aromatic rings. The molecule has 0 unspecified atom stereocenters. The van der Waals surface area contributed by atoms with Crippen molar-refractivity contribution in [2.75, 3.05) is 18.5 Å². The monoisotopic (exact) mass is 291 g/mol. The molecule has 0 saturated carbocycles. The number of carbonyl (C=O) groups excluding carboxylic acids is 1. The molecule has 3 heterocycles. The maximum Gasteiger partial charge on any atom is 0.322 e. The van der Waals surface area contributed by atoms with E-state index in [9.17, 15) is 4.79 Å². The summed E-state index contributed by atoms with van der Waals surface area (Å²) in [5, 5.41) is 10.1. The molecule has 1 aliphatic heterocycles. The molecule has 110 valence electrons. The molecule has 21 heavy (non-hydrogen) atoms. The zero-order valence-electron chi connectivity index (χ0n) is 11.5. The third-order valence-corrected chi connectivity index (χ3v) is 2.79. The van der Waals surface area contributed by atoms with Crippen LogP contribution in [0.15, 0.2) is 26.9 Å². The minimum atomic E-state index is -0.509. The summed E-state index contributed by atoms with van der Waals surface area (Å²) < 4.78 is 20.9. The number of furan rings is 1. The molecule has 0 spiro atoms. The van der Waals surface area contributed by atoms with E-state index in [1.807, 2.05) is 6.92 Å². The van der Waals surface area contributed by atoms with E-state index < -0.39 is 5.91 Å². The number of hydrogen-bond donors (Lipinski definition) is 1. The molecule has 0 fully saturated rings. The van der Waals surface area contributed by atoms with E-state index >= 15 is 0 Å². The van der Waals surface area contributed by atoms with Gasteiger partial charge in [0.1, 0.15) is 31.0 Å². The minimum absolute atomic E-state index is 0.0247. The van der Waals surface area contributed by atoms with Crippen LogP contribution in [0.5, 0.6) is 0 Å². The Morgan fingerprint density at radius 3 is 2.76 bits per heavy atom. The van der Waals surface area contributed by atoms with Gasteiger partial charge in [0.25, 0.3) is 11.8 Å². The second kappa shape index (κ2) is 5.31. The van der Waals surface area contributed by atoms with Crippen molar-refractivity contribution in [3.63, 3.8) is 0 Å². The number of aryl methyl sites for hydroxylation is 2. The van der Waals surface area contributed by atoms with Crippen LogP contribution in [-0.4, -0.2) is 29.3 Å². The van der Waals surface area contributed by atoms with E-state index in [0.29, 0.717) is 24.5 Å². The van der Waals surface area contributed by atoms with Crippen LogP contribution >= 0.6 is 0 Å². The van der Waals surface area contributed by atoms with Crippen LogP contribution in [-0.2, 0) is 14.3 Å². The molecule has 0 bridgehead atoms. The molecular formula is C13H13N3O5. The smallest absolute Gasteiger partial charge is 0.322 e. The van der Waals surface area contributed by atoms with Gasteiger partial charge < -0.3 is 18.3 Å². The van der Waals surface area contributed by atoms with Crippen molar-refractivity contribution in [3.05, 3.63) is 29.6 Å². The zero-order valence-corrected chi connectivity index (χ0v) is 11.5. The first kappa shape index (κ1) is 13.2. The van der Waals surface area contributed by atoms with Crippen LogP contribution in [0.4, 0.5) is 6.01 Å². The summed E-state index contributed by atoms with van der Waals surface area (Å²) in [5.74, 6) is 1.24. The Kier molecular flexibility index (Phi) is 3.35. The van der Waals surface area contributed by atoms with Crippen LogP contribution in [0.25, 0.3) is 11.5 Å². The van der Waals surface area contributed by atoms with Crippen LogP contribution in [0, 0.1) is 13.8 Å². The molecular weight excluding hydrogens is 278 g/mol. The van der Waals surface area contributed by atoms with Gasteiger partial charge in [0.05, 0.1) is 5.56 Å². The van der Waals surface area contributed by atoms with Crippen LogP contribution in [0.2, 0.25) is 0 Å². The quantitative estimate of drug-likeness (QED) is 0.919. The van der Waals surface area contributed by atoms with Crippen molar-refractivity contribution in [2.24, 2.45) is 0 Å². The SMILES string of the molecule is Cc1cc(-c2nnc(NC(=O)C3=COCCO3)o2)c(C)o1. The number of rotatable bonds is 3. The Labute approximate surface area is 119 Å². The van der Waals surface area contributed by atoms with Gasteiger partial charge in [0, 0.05) is 0 Å². The van der Waals surface area contributed by atoms with E-state index in [1.54, 1.807) is 13.0 Å². The Bertz CT molecular complexity index is 700. The largest absolute Gasteiger partial charge is 0.494 e. The van der Waals surface area contributed by atoms with E-state index in [1.165, 1.54) is 6.26 Å². The average Bonchev–Trinajstić information content (AvgIpc) is 3.06. The summed E-state index contributed by atoms with van der Waals surface area (Å²) in [6.07, 6.45) is 1.25. The lowest BCUT2D eigenvalue weighted by Gasteiger charge is -2.13. The number of ether oxygens (including phenoxy) is 2. The molecule has 8 nitrogen and oxygen atoms in total. The molecule has 0 atom stereocenters. The predicted molar refractivity (Wildman–Crippen MR) is 70.1 cm³/mol. The molecule has 1 aliphatic rings. The molecule has 0 radical (unpaired) electrons. The maximum absolute atomic E-state index is 11.9. The summed E-state index contributed by atoms with van der Waals surface area (Å²) in [7, 11) is 0. The lowest BCUT2D eigenvalue weighted by atomic mass is 10.2. The summed E-state index contributed by atoms with van der Waals surface area (Å²) in [4.78, 5) is 11.9. The third kappa shape index (κ3) is 2.73. The number of carbonyl (C=O) groups is 1. The van der Waals surface area contributed by atoms with Crippen molar-refractivity contribution in [1.82, 2.24) is 10.2 Å². The molecule has 2 aromatic heterocycles. The van der Waals surface area contributed by atoms with Gasteiger partial charge in [-0.3, -0.25) is 10.1 Å². The number of anilines is 1. The van der Waals surface area contributed by atoms with E-state index in [2.05, 4.69) is 15.5 Å². The zero-order chi connectivity index (χ0) is 14.8. The van der Waals surface area contributed by atoms with Gasteiger partial charge in [0.15, 0.2) is 0 Å². The van der Waals surface area contributed by atoms with E-state index in [-0.39, 0.29) is 17.7 Å². The highest BCUT2D eigenvalue weighted by atomic mass is 16.6. The van der Waals surface area contributed by atoms with Crippen LogP contribution < -0.4 is 5.32 Å². The Morgan fingerprint density at radius 2 is 2.10 bits per heavy atom. The van der Waals surface area contributed by atoms with Crippen molar-refractivity contribution >= 4 is 11.9 Å². The van der Waals surface area contributed by atoms with Gasteiger partial charge in [0.2, 0.25) is 5.76 Å². The van der Waals surface area contributed by atoms with Crippen molar-refractivity contribution in [3.8, 4) is 11.5 Å². The van der Waals surface area contributed by atoms with Gasteiger partial charge in [-0.05, 0) is 19.9 Å². The summed E-state index contributed by atoms with van der Waals surface area (Å²) in [5.41, 5.74) is 0.692. The molecule has 3 rings (SSSR count). The fourth-order valence-corrected chi connectivity index (χ4v) is 1.87. The minimum Gasteiger partial charge on any atom is -0.494 e. The van der Waals surface area contributed by atoms with Gasteiger partial charge in [-0.1, -0.05) is 5.10 Å². The lowest BCUT2D eigenvalue weighted by Crippen LogP contribution is -2.21. The van der Waals surface area contributed by atoms with E-state index in [4.69, 9.17) is 18.3 Å². The normalized spacial score (nSPS) is 14.1. The first-order valence-electron chi connectivity index (χ1n) is 6.30. The summed E-state index contributed by atoms with van der Waals surface area (Å²) >= 11 is 0. The Hall–Kier alpha value is -2.77. The number of nitrogens with one attached hydrogen (secondary N) is 1. The highest BCUT2D eigenvalue weighted by Gasteiger charge is 2.19. The fraction of sp³-hybridized carbons (Fsp3) is 0.308. The number of hydrogen-bond acceptors (Lipinski definition) is 7. The van der Waals surface area contributed by atoms with Crippen molar-refractivity contribution in [1.29, 1.82) is 0 Å². The lowest BCUT2D eigenvalue weighted by molar-refractivity contribution is -0.117. The third-order valence-electron chi connectivity index (χ3n) is 2.79. The molecule has 0 aliphatic carbocycles. The fourth-order valence-electron chi connectivity index (χ4n) is 1.87.